The third-order valence-corrected chi connectivity index (χ3v) is 3.24. The van der Waals surface area contributed by atoms with E-state index in [1.807, 2.05) is 0 Å². The Morgan fingerprint density at radius 3 is 3.08 bits per heavy atom. The molecule has 2 rings (SSSR count). The fourth-order valence-electron chi connectivity index (χ4n) is 2.23. The van der Waals surface area contributed by atoms with Gasteiger partial charge in [-0.15, -0.1) is 0 Å². The molecule has 0 spiro atoms. The molecule has 2 aliphatic heterocycles. The zero-order chi connectivity index (χ0) is 8.60. The van der Waals surface area contributed by atoms with Crippen LogP contribution in [-0.4, -0.2) is 24.3 Å². The largest absolute Gasteiger partial charge is 0.368 e. The minimum absolute atomic E-state index is 0.147. The van der Waals surface area contributed by atoms with E-state index in [1.165, 1.54) is 0 Å². The van der Waals surface area contributed by atoms with E-state index in [1.54, 1.807) is 0 Å². The number of aliphatic hydroxyl groups excluding tert-OH is 1. The van der Waals surface area contributed by atoms with Crippen LogP contribution in [0.4, 0.5) is 0 Å². The zero-order valence-corrected chi connectivity index (χ0v) is 7.45. The van der Waals surface area contributed by atoms with Crippen LogP contribution in [0.2, 0.25) is 0 Å². The highest BCUT2D eigenvalue weighted by Gasteiger charge is 2.47. The molecule has 0 bridgehead atoms. The molecule has 0 saturated carbocycles. The molecule has 0 aromatic rings. The van der Waals surface area contributed by atoms with Gasteiger partial charge in [0, 0.05) is 5.41 Å². The van der Waals surface area contributed by atoms with Crippen molar-refractivity contribution in [3.05, 3.63) is 0 Å². The smallest absolute Gasteiger partial charge is 0.166 e. The van der Waals surface area contributed by atoms with Gasteiger partial charge in [-0.3, -0.25) is 0 Å². The Morgan fingerprint density at radius 1 is 1.50 bits per heavy atom. The van der Waals surface area contributed by atoms with Crippen LogP contribution in [0, 0.1) is 5.41 Å². The topological polar surface area (TPSA) is 38.7 Å². The van der Waals surface area contributed by atoms with Crippen LogP contribution in [0.5, 0.6) is 0 Å². The van der Waals surface area contributed by atoms with Crippen molar-refractivity contribution in [1.29, 1.82) is 0 Å². The Hall–Kier alpha value is -0.120. The van der Waals surface area contributed by atoms with Crippen molar-refractivity contribution in [2.45, 2.75) is 45.2 Å². The molecule has 3 heteroatoms. The molecular formula is C9H16O3. The molecule has 0 amide bonds. The van der Waals surface area contributed by atoms with Crippen molar-refractivity contribution in [1.82, 2.24) is 0 Å². The maximum absolute atomic E-state index is 9.26. The Morgan fingerprint density at radius 2 is 2.33 bits per heavy atom. The third-order valence-electron chi connectivity index (χ3n) is 3.24. The standard InChI is InChI=1S/C9H16O3/c1-2-9-4-3-7(10)12-8(9)11-6-5-9/h7-8,10H,2-6H2,1H3/t7?,8?,9-/m1/s1. The first-order valence-corrected chi connectivity index (χ1v) is 4.72. The number of fused-ring (bicyclic) bond motifs is 1. The third kappa shape index (κ3) is 1.16. The van der Waals surface area contributed by atoms with Crippen molar-refractivity contribution in [2.24, 2.45) is 5.41 Å². The zero-order valence-electron chi connectivity index (χ0n) is 7.45. The average molecular weight is 172 g/mol. The molecule has 3 atom stereocenters. The maximum atomic E-state index is 9.26. The van der Waals surface area contributed by atoms with Gasteiger partial charge in [0.05, 0.1) is 6.61 Å². The summed E-state index contributed by atoms with van der Waals surface area (Å²) >= 11 is 0. The molecule has 0 aliphatic carbocycles. The molecule has 2 fully saturated rings. The number of hydrogen-bond donors (Lipinski definition) is 1. The molecule has 2 aliphatic rings. The molecule has 70 valence electrons. The highest BCUT2D eigenvalue weighted by molar-refractivity contribution is 4.89. The van der Waals surface area contributed by atoms with E-state index < -0.39 is 6.29 Å². The second-order valence-electron chi connectivity index (χ2n) is 3.80. The molecule has 3 nitrogen and oxygen atoms in total. The summed E-state index contributed by atoms with van der Waals surface area (Å²) in [6.07, 6.45) is 3.22. The fraction of sp³-hybridized carbons (Fsp3) is 1.00. The predicted molar refractivity (Wildman–Crippen MR) is 43.4 cm³/mol. The van der Waals surface area contributed by atoms with E-state index in [-0.39, 0.29) is 11.7 Å². The lowest BCUT2D eigenvalue weighted by Crippen LogP contribution is -2.41. The van der Waals surface area contributed by atoms with E-state index >= 15 is 0 Å². The van der Waals surface area contributed by atoms with Gasteiger partial charge in [0.15, 0.2) is 12.6 Å². The number of hydrogen-bond acceptors (Lipinski definition) is 3. The van der Waals surface area contributed by atoms with Gasteiger partial charge in [-0.2, -0.15) is 0 Å². The fourth-order valence-corrected chi connectivity index (χ4v) is 2.23. The van der Waals surface area contributed by atoms with Gasteiger partial charge in [0.2, 0.25) is 0 Å². The lowest BCUT2D eigenvalue weighted by Gasteiger charge is -2.38. The van der Waals surface area contributed by atoms with Gasteiger partial charge in [0.1, 0.15) is 0 Å². The second kappa shape index (κ2) is 2.98. The lowest BCUT2D eigenvalue weighted by molar-refractivity contribution is -0.271. The average Bonchev–Trinajstić information content (AvgIpc) is 2.48. The Kier molecular flexibility index (Phi) is 2.10. The summed E-state index contributed by atoms with van der Waals surface area (Å²) in [5.41, 5.74) is 0.208. The van der Waals surface area contributed by atoms with Gasteiger partial charge < -0.3 is 14.6 Å². The van der Waals surface area contributed by atoms with E-state index in [0.717, 1.165) is 32.3 Å². The van der Waals surface area contributed by atoms with Gasteiger partial charge in [-0.1, -0.05) is 6.92 Å². The number of ether oxygens (including phenoxy) is 2. The van der Waals surface area contributed by atoms with Crippen molar-refractivity contribution < 1.29 is 14.6 Å². The monoisotopic (exact) mass is 172 g/mol. The van der Waals surface area contributed by atoms with E-state index in [2.05, 4.69) is 6.92 Å². The number of aliphatic hydroxyl groups is 1. The summed E-state index contributed by atoms with van der Waals surface area (Å²) in [6.45, 7) is 2.95. The molecule has 1 N–H and O–H groups in total. The molecule has 2 unspecified atom stereocenters. The van der Waals surface area contributed by atoms with Gasteiger partial charge in [0.25, 0.3) is 0 Å². The second-order valence-corrected chi connectivity index (χ2v) is 3.80. The van der Waals surface area contributed by atoms with Crippen LogP contribution in [-0.2, 0) is 9.47 Å². The summed E-state index contributed by atoms with van der Waals surface area (Å²) in [7, 11) is 0. The van der Waals surface area contributed by atoms with Crippen LogP contribution in [0.3, 0.4) is 0 Å². The Labute approximate surface area is 72.7 Å². The number of rotatable bonds is 1. The summed E-state index contributed by atoms with van der Waals surface area (Å²) < 4.78 is 10.8. The minimum Gasteiger partial charge on any atom is -0.368 e. The van der Waals surface area contributed by atoms with Crippen LogP contribution in [0.15, 0.2) is 0 Å². The van der Waals surface area contributed by atoms with Gasteiger partial charge in [-0.25, -0.2) is 0 Å². The molecule has 0 radical (unpaired) electrons. The van der Waals surface area contributed by atoms with Crippen LogP contribution in [0.25, 0.3) is 0 Å². The molecular weight excluding hydrogens is 156 g/mol. The van der Waals surface area contributed by atoms with E-state index in [4.69, 9.17) is 9.47 Å². The summed E-state index contributed by atoms with van der Waals surface area (Å²) in [4.78, 5) is 0. The van der Waals surface area contributed by atoms with Crippen molar-refractivity contribution in [3.8, 4) is 0 Å². The first kappa shape index (κ1) is 8.48. The van der Waals surface area contributed by atoms with E-state index in [9.17, 15) is 5.11 Å². The molecule has 2 heterocycles. The maximum Gasteiger partial charge on any atom is 0.166 e. The van der Waals surface area contributed by atoms with Gasteiger partial charge in [-0.05, 0) is 25.7 Å². The highest BCUT2D eigenvalue weighted by atomic mass is 16.7. The summed E-state index contributed by atoms with van der Waals surface area (Å²) in [5.74, 6) is 0. The first-order valence-electron chi connectivity index (χ1n) is 4.72. The van der Waals surface area contributed by atoms with Crippen LogP contribution in [0.1, 0.15) is 32.6 Å². The highest BCUT2D eigenvalue weighted by Crippen LogP contribution is 2.46. The Balaban J connectivity index is 2.10. The van der Waals surface area contributed by atoms with Gasteiger partial charge >= 0.3 is 0 Å². The predicted octanol–water partition coefficient (Wildman–Crippen LogP) is 1.26. The normalized spacial score (nSPS) is 47.5. The van der Waals surface area contributed by atoms with Crippen LogP contribution >= 0.6 is 0 Å². The quantitative estimate of drug-likeness (QED) is 0.647. The summed E-state index contributed by atoms with van der Waals surface area (Å²) in [5, 5.41) is 9.26. The lowest BCUT2D eigenvalue weighted by atomic mass is 9.77. The van der Waals surface area contributed by atoms with Crippen LogP contribution < -0.4 is 0 Å². The van der Waals surface area contributed by atoms with E-state index in [0.29, 0.717) is 0 Å². The van der Waals surface area contributed by atoms with Crippen molar-refractivity contribution in [3.63, 3.8) is 0 Å². The Bertz CT molecular complexity index is 171. The SMILES string of the molecule is CC[C@@]12CCOC1OC(O)CC2. The molecule has 12 heavy (non-hydrogen) atoms. The molecule has 0 aromatic heterocycles. The minimum atomic E-state index is -0.604. The molecule has 2 saturated heterocycles. The first-order chi connectivity index (χ1) is 5.77. The van der Waals surface area contributed by atoms with Crippen molar-refractivity contribution in [2.75, 3.05) is 6.61 Å². The summed E-state index contributed by atoms with van der Waals surface area (Å²) in [6, 6.07) is 0. The molecule has 0 aromatic carbocycles. The van der Waals surface area contributed by atoms with Crippen molar-refractivity contribution >= 4 is 0 Å².